The molecule has 0 aliphatic rings. The van der Waals surface area contributed by atoms with Gasteiger partial charge in [0.1, 0.15) is 5.82 Å². The summed E-state index contributed by atoms with van der Waals surface area (Å²) in [5.41, 5.74) is 2.35. The van der Waals surface area contributed by atoms with E-state index < -0.39 is 0 Å². The van der Waals surface area contributed by atoms with Gasteiger partial charge in [-0.3, -0.25) is 9.36 Å². The maximum Gasteiger partial charge on any atom is 0.263 e. The summed E-state index contributed by atoms with van der Waals surface area (Å²) in [4.78, 5) is 20.5. The van der Waals surface area contributed by atoms with Crippen LogP contribution in [0, 0.1) is 20.8 Å². The van der Waals surface area contributed by atoms with Crippen molar-refractivity contribution in [3.8, 4) is 0 Å². The standard InChI is InChI=1S/C11H13N3O/c1-6-5-7(2)12-10-9(6)11(15)14(4)8(3)13-10/h5H,1-4H3. The van der Waals surface area contributed by atoms with Gasteiger partial charge in [0.15, 0.2) is 5.65 Å². The largest absolute Gasteiger partial charge is 0.299 e. The summed E-state index contributed by atoms with van der Waals surface area (Å²) in [6.07, 6.45) is 0. The van der Waals surface area contributed by atoms with Crippen molar-refractivity contribution < 1.29 is 0 Å². The first kappa shape index (κ1) is 9.83. The molecule has 0 atom stereocenters. The fourth-order valence-electron chi connectivity index (χ4n) is 1.71. The van der Waals surface area contributed by atoms with Gasteiger partial charge >= 0.3 is 0 Å². The summed E-state index contributed by atoms with van der Waals surface area (Å²) in [6.45, 7) is 5.62. The number of hydrogen-bond acceptors (Lipinski definition) is 3. The van der Waals surface area contributed by atoms with Crippen molar-refractivity contribution in [2.45, 2.75) is 20.8 Å². The second-order valence-electron chi connectivity index (χ2n) is 3.80. The van der Waals surface area contributed by atoms with Crippen molar-refractivity contribution in [2.24, 2.45) is 7.05 Å². The number of nitrogens with zero attached hydrogens (tertiary/aromatic N) is 3. The second-order valence-corrected chi connectivity index (χ2v) is 3.80. The van der Waals surface area contributed by atoms with Crippen LogP contribution < -0.4 is 5.56 Å². The van der Waals surface area contributed by atoms with Gasteiger partial charge in [0.25, 0.3) is 5.56 Å². The van der Waals surface area contributed by atoms with Crippen molar-refractivity contribution >= 4 is 11.0 Å². The molecule has 0 radical (unpaired) electrons. The molecule has 0 saturated carbocycles. The first-order chi connectivity index (χ1) is 7.00. The van der Waals surface area contributed by atoms with Gasteiger partial charge in [-0.1, -0.05) is 0 Å². The van der Waals surface area contributed by atoms with Crippen LogP contribution in [0.15, 0.2) is 10.9 Å². The lowest BCUT2D eigenvalue weighted by atomic mass is 10.2. The molecule has 2 heterocycles. The third kappa shape index (κ3) is 1.42. The van der Waals surface area contributed by atoms with E-state index in [0.29, 0.717) is 16.9 Å². The third-order valence-corrected chi connectivity index (χ3v) is 2.60. The highest BCUT2D eigenvalue weighted by Gasteiger charge is 2.09. The summed E-state index contributed by atoms with van der Waals surface area (Å²) in [6, 6.07) is 1.90. The molecule has 15 heavy (non-hydrogen) atoms. The van der Waals surface area contributed by atoms with Crippen LogP contribution in [0.2, 0.25) is 0 Å². The number of hydrogen-bond donors (Lipinski definition) is 0. The highest BCUT2D eigenvalue weighted by Crippen LogP contribution is 2.11. The normalized spacial score (nSPS) is 10.9. The molecule has 0 saturated heterocycles. The van der Waals surface area contributed by atoms with Crippen LogP contribution in [0.3, 0.4) is 0 Å². The average Bonchev–Trinajstić information content (AvgIpc) is 2.13. The van der Waals surface area contributed by atoms with Gasteiger partial charge in [0, 0.05) is 12.7 Å². The van der Waals surface area contributed by atoms with Gasteiger partial charge in [-0.05, 0) is 32.4 Å². The van der Waals surface area contributed by atoms with Crippen molar-refractivity contribution in [3.05, 3.63) is 33.5 Å². The first-order valence-corrected chi connectivity index (χ1v) is 4.82. The highest BCUT2D eigenvalue weighted by atomic mass is 16.1. The van der Waals surface area contributed by atoms with Crippen LogP contribution >= 0.6 is 0 Å². The van der Waals surface area contributed by atoms with E-state index in [1.807, 2.05) is 19.9 Å². The molecule has 0 aromatic carbocycles. The summed E-state index contributed by atoms with van der Waals surface area (Å²) in [7, 11) is 1.73. The molecule has 78 valence electrons. The summed E-state index contributed by atoms with van der Waals surface area (Å²) < 4.78 is 1.55. The minimum Gasteiger partial charge on any atom is -0.299 e. The molecule has 0 aliphatic carbocycles. The SMILES string of the molecule is Cc1cc(C)c2c(=O)n(C)c(C)nc2n1. The summed E-state index contributed by atoms with van der Waals surface area (Å²) >= 11 is 0. The quantitative estimate of drug-likeness (QED) is 0.647. The Labute approximate surface area is 87.6 Å². The lowest BCUT2D eigenvalue weighted by Crippen LogP contribution is -2.21. The molecular weight excluding hydrogens is 190 g/mol. The molecule has 4 heteroatoms. The van der Waals surface area contributed by atoms with Gasteiger partial charge in [-0.15, -0.1) is 0 Å². The smallest absolute Gasteiger partial charge is 0.263 e. The van der Waals surface area contributed by atoms with Crippen LogP contribution in [0.1, 0.15) is 17.1 Å². The molecule has 0 spiro atoms. The van der Waals surface area contributed by atoms with Crippen LogP contribution in [0.5, 0.6) is 0 Å². The van der Waals surface area contributed by atoms with Gasteiger partial charge in [-0.2, -0.15) is 0 Å². The number of pyridine rings is 1. The molecular formula is C11H13N3O. The summed E-state index contributed by atoms with van der Waals surface area (Å²) in [5, 5.41) is 0.619. The minimum absolute atomic E-state index is 0.0255. The van der Waals surface area contributed by atoms with Gasteiger partial charge < -0.3 is 0 Å². The molecule has 0 amide bonds. The van der Waals surface area contributed by atoms with E-state index >= 15 is 0 Å². The molecule has 4 nitrogen and oxygen atoms in total. The fourth-order valence-corrected chi connectivity index (χ4v) is 1.71. The zero-order chi connectivity index (χ0) is 11.2. The van der Waals surface area contributed by atoms with Crippen LogP contribution in [0.25, 0.3) is 11.0 Å². The van der Waals surface area contributed by atoms with E-state index in [4.69, 9.17) is 0 Å². The van der Waals surface area contributed by atoms with Crippen LogP contribution in [0.4, 0.5) is 0 Å². The van der Waals surface area contributed by atoms with Crippen molar-refractivity contribution in [1.82, 2.24) is 14.5 Å². The summed E-state index contributed by atoms with van der Waals surface area (Å²) in [5.74, 6) is 0.685. The predicted molar refractivity (Wildman–Crippen MR) is 59.0 cm³/mol. The number of fused-ring (bicyclic) bond motifs is 1. The second kappa shape index (κ2) is 3.15. The third-order valence-electron chi connectivity index (χ3n) is 2.60. The van der Waals surface area contributed by atoms with Gasteiger partial charge in [0.2, 0.25) is 0 Å². The molecule has 2 aromatic rings. The Morgan fingerprint density at radius 2 is 1.87 bits per heavy atom. The Kier molecular flexibility index (Phi) is 2.07. The molecule has 0 N–H and O–H groups in total. The Morgan fingerprint density at radius 3 is 2.53 bits per heavy atom. The van der Waals surface area contributed by atoms with E-state index in [0.717, 1.165) is 11.3 Å². The maximum atomic E-state index is 12.0. The van der Waals surface area contributed by atoms with E-state index in [9.17, 15) is 4.79 Å². The topological polar surface area (TPSA) is 47.8 Å². The van der Waals surface area contributed by atoms with Gasteiger partial charge in [-0.25, -0.2) is 9.97 Å². The fraction of sp³-hybridized carbons (Fsp3) is 0.364. The maximum absolute atomic E-state index is 12.0. The van der Waals surface area contributed by atoms with E-state index in [-0.39, 0.29) is 5.56 Å². The monoisotopic (exact) mass is 203 g/mol. The van der Waals surface area contributed by atoms with Crippen molar-refractivity contribution in [3.63, 3.8) is 0 Å². The van der Waals surface area contributed by atoms with Crippen LogP contribution in [-0.4, -0.2) is 14.5 Å². The molecule has 0 unspecified atom stereocenters. The lowest BCUT2D eigenvalue weighted by Gasteiger charge is -2.07. The Bertz CT molecular complexity index is 599. The average molecular weight is 203 g/mol. The van der Waals surface area contributed by atoms with E-state index in [2.05, 4.69) is 9.97 Å². The first-order valence-electron chi connectivity index (χ1n) is 4.82. The number of rotatable bonds is 0. The highest BCUT2D eigenvalue weighted by molar-refractivity contribution is 5.77. The molecule has 2 rings (SSSR count). The molecule has 2 aromatic heterocycles. The molecule has 0 fully saturated rings. The molecule has 0 bridgehead atoms. The Morgan fingerprint density at radius 1 is 1.20 bits per heavy atom. The van der Waals surface area contributed by atoms with Crippen molar-refractivity contribution in [2.75, 3.05) is 0 Å². The number of aryl methyl sites for hydroxylation is 3. The van der Waals surface area contributed by atoms with E-state index in [1.54, 1.807) is 18.5 Å². The van der Waals surface area contributed by atoms with Crippen LogP contribution in [-0.2, 0) is 7.05 Å². The van der Waals surface area contributed by atoms with E-state index in [1.165, 1.54) is 0 Å². The van der Waals surface area contributed by atoms with Gasteiger partial charge in [0.05, 0.1) is 5.39 Å². The Hall–Kier alpha value is -1.71. The predicted octanol–water partition coefficient (Wildman–Crippen LogP) is 1.25. The zero-order valence-corrected chi connectivity index (χ0v) is 9.33. The lowest BCUT2D eigenvalue weighted by molar-refractivity contribution is 0.788. The zero-order valence-electron chi connectivity index (χ0n) is 9.33. The Balaban J connectivity index is 3.06. The van der Waals surface area contributed by atoms with Crippen molar-refractivity contribution in [1.29, 1.82) is 0 Å². The minimum atomic E-state index is -0.0255. The number of aromatic nitrogens is 3. The molecule has 0 aliphatic heterocycles.